The SMILES string of the molecule is CC1=C(/C=C/C(C)=C/C=C/C(C)=C/C(C)C(C)C)C(C)(C)CCC1. The van der Waals surface area contributed by atoms with Gasteiger partial charge in [-0.05, 0) is 62.9 Å². The Kier molecular flexibility index (Phi) is 8.00. The highest BCUT2D eigenvalue weighted by Crippen LogP contribution is 2.40. The third-order valence-corrected chi connectivity index (χ3v) is 5.35. The first kappa shape index (κ1) is 20.7. The zero-order valence-electron chi connectivity index (χ0n) is 17.2. The summed E-state index contributed by atoms with van der Waals surface area (Å²) in [5.41, 5.74) is 6.06. The van der Waals surface area contributed by atoms with E-state index >= 15 is 0 Å². The molecule has 0 fully saturated rings. The van der Waals surface area contributed by atoms with Crippen molar-refractivity contribution in [3.8, 4) is 0 Å². The first-order chi connectivity index (χ1) is 11.1. The molecule has 0 radical (unpaired) electrons. The highest BCUT2D eigenvalue weighted by Gasteiger charge is 2.26. The Morgan fingerprint density at radius 3 is 2.29 bits per heavy atom. The van der Waals surface area contributed by atoms with E-state index < -0.39 is 0 Å². The van der Waals surface area contributed by atoms with Gasteiger partial charge in [0.15, 0.2) is 0 Å². The molecule has 0 spiro atoms. The summed E-state index contributed by atoms with van der Waals surface area (Å²) in [5, 5.41) is 0. The highest BCUT2D eigenvalue weighted by atomic mass is 14.3. The Morgan fingerprint density at radius 2 is 1.71 bits per heavy atom. The molecule has 1 aliphatic rings. The number of rotatable bonds is 6. The van der Waals surface area contributed by atoms with Crippen LogP contribution in [0.1, 0.15) is 74.7 Å². The molecule has 0 heterocycles. The minimum absolute atomic E-state index is 0.321. The van der Waals surface area contributed by atoms with Gasteiger partial charge in [0.2, 0.25) is 0 Å². The summed E-state index contributed by atoms with van der Waals surface area (Å²) in [6, 6.07) is 0. The van der Waals surface area contributed by atoms with E-state index in [1.807, 2.05) is 0 Å². The number of allylic oxidation sites excluding steroid dienone is 10. The van der Waals surface area contributed by atoms with E-state index in [0.29, 0.717) is 17.3 Å². The predicted octanol–water partition coefficient (Wildman–Crippen LogP) is 7.81. The van der Waals surface area contributed by atoms with Gasteiger partial charge >= 0.3 is 0 Å². The molecule has 0 saturated carbocycles. The summed E-state index contributed by atoms with van der Waals surface area (Å²) in [7, 11) is 0. The minimum atomic E-state index is 0.321. The van der Waals surface area contributed by atoms with E-state index in [9.17, 15) is 0 Å². The van der Waals surface area contributed by atoms with Crippen LogP contribution in [0.4, 0.5) is 0 Å². The number of hydrogen-bond acceptors (Lipinski definition) is 0. The Balaban J connectivity index is 2.75. The molecule has 1 aliphatic carbocycles. The summed E-state index contributed by atoms with van der Waals surface area (Å²) in [4.78, 5) is 0. The van der Waals surface area contributed by atoms with Crippen molar-refractivity contribution in [3.05, 3.63) is 58.7 Å². The monoisotopic (exact) mass is 326 g/mol. The zero-order valence-corrected chi connectivity index (χ0v) is 17.2. The molecule has 0 aromatic carbocycles. The smallest absolute Gasteiger partial charge is 0.0104 e. The molecule has 1 unspecified atom stereocenters. The van der Waals surface area contributed by atoms with Crippen LogP contribution in [0.5, 0.6) is 0 Å². The van der Waals surface area contributed by atoms with E-state index in [1.165, 1.54) is 36.0 Å². The van der Waals surface area contributed by atoms with Crippen LogP contribution in [0.25, 0.3) is 0 Å². The second kappa shape index (κ2) is 9.25. The lowest BCUT2D eigenvalue weighted by Crippen LogP contribution is -2.19. The Hall–Kier alpha value is -1.30. The molecule has 0 saturated heterocycles. The fourth-order valence-corrected chi connectivity index (χ4v) is 3.30. The summed E-state index contributed by atoms with van der Waals surface area (Å²) >= 11 is 0. The van der Waals surface area contributed by atoms with Crippen LogP contribution in [0.15, 0.2) is 58.7 Å². The van der Waals surface area contributed by atoms with Crippen LogP contribution >= 0.6 is 0 Å². The minimum Gasteiger partial charge on any atom is -0.0785 e. The zero-order chi connectivity index (χ0) is 18.3. The summed E-state index contributed by atoms with van der Waals surface area (Å²) < 4.78 is 0. The van der Waals surface area contributed by atoms with Gasteiger partial charge in [-0.3, -0.25) is 0 Å². The first-order valence-corrected chi connectivity index (χ1v) is 9.55. The van der Waals surface area contributed by atoms with Crippen LogP contribution in [-0.4, -0.2) is 0 Å². The Bertz CT molecular complexity index is 559. The maximum Gasteiger partial charge on any atom is -0.0104 e. The fraction of sp³-hybridized carbons (Fsp3) is 0.583. The maximum atomic E-state index is 2.37. The molecule has 134 valence electrons. The lowest BCUT2D eigenvalue weighted by molar-refractivity contribution is 0.377. The van der Waals surface area contributed by atoms with Crippen molar-refractivity contribution in [3.63, 3.8) is 0 Å². The maximum absolute atomic E-state index is 2.37. The van der Waals surface area contributed by atoms with Crippen molar-refractivity contribution in [1.29, 1.82) is 0 Å². The van der Waals surface area contributed by atoms with Crippen molar-refractivity contribution in [2.45, 2.75) is 74.7 Å². The molecule has 0 heteroatoms. The van der Waals surface area contributed by atoms with Gasteiger partial charge in [0.25, 0.3) is 0 Å². The van der Waals surface area contributed by atoms with Gasteiger partial charge in [-0.15, -0.1) is 0 Å². The largest absolute Gasteiger partial charge is 0.0785 e. The van der Waals surface area contributed by atoms with Crippen molar-refractivity contribution in [1.82, 2.24) is 0 Å². The summed E-state index contributed by atoms with van der Waals surface area (Å²) in [5.74, 6) is 1.33. The van der Waals surface area contributed by atoms with Crippen LogP contribution in [-0.2, 0) is 0 Å². The molecule has 0 N–H and O–H groups in total. The standard InChI is InChI=1S/C24H38/c1-18(2)22(6)17-20(4)12-9-11-19(3)14-15-23-21(5)13-10-16-24(23,7)8/h9,11-12,14-15,17-18,22H,10,13,16H2,1-8H3/b12-9+,15-14+,19-11+,20-17+. The molecule has 1 atom stereocenters. The van der Waals surface area contributed by atoms with Crippen molar-refractivity contribution < 1.29 is 0 Å². The van der Waals surface area contributed by atoms with Crippen LogP contribution < -0.4 is 0 Å². The van der Waals surface area contributed by atoms with Crippen LogP contribution in [0, 0.1) is 17.3 Å². The highest BCUT2D eigenvalue weighted by molar-refractivity contribution is 5.37. The molecule has 0 aliphatic heterocycles. The van der Waals surface area contributed by atoms with E-state index in [0.717, 1.165) is 0 Å². The van der Waals surface area contributed by atoms with Gasteiger partial charge in [0.05, 0.1) is 0 Å². The second-order valence-corrected chi connectivity index (χ2v) is 8.55. The first-order valence-electron chi connectivity index (χ1n) is 9.55. The van der Waals surface area contributed by atoms with E-state index in [1.54, 1.807) is 5.57 Å². The molecule has 0 bridgehead atoms. The van der Waals surface area contributed by atoms with Gasteiger partial charge in [-0.25, -0.2) is 0 Å². The van der Waals surface area contributed by atoms with E-state index in [-0.39, 0.29) is 0 Å². The quantitative estimate of drug-likeness (QED) is 0.436. The van der Waals surface area contributed by atoms with Gasteiger partial charge in [0.1, 0.15) is 0 Å². The summed E-state index contributed by atoms with van der Waals surface area (Å²) in [6.45, 7) is 18.2. The van der Waals surface area contributed by atoms with Gasteiger partial charge < -0.3 is 0 Å². The van der Waals surface area contributed by atoms with Gasteiger partial charge in [-0.1, -0.05) is 87.8 Å². The molecule has 0 amide bonds. The molecular formula is C24H38. The molecule has 0 aromatic heterocycles. The molecular weight excluding hydrogens is 288 g/mol. The molecule has 0 aromatic rings. The topological polar surface area (TPSA) is 0 Å². The van der Waals surface area contributed by atoms with Crippen molar-refractivity contribution in [2.24, 2.45) is 17.3 Å². The van der Waals surface area contributed by atoms with Crippen LogP contribution in [0.3, 0.4) is 0 Å². The second-order valence-electron chi connectivity index (χ2n) is 8.55. The average Bonchev–Trinajstić information content (AvgIpc) is 2.45. The lowest BCUT2D eigenvalue weighted by Gasteiger charge is -2.32. The van der Waals surface area contributed by atoms with Gasteiger partial charge in [0, 0.05) is 0 Å². The molecule has 1 rings (SSSR count). The Morgan fingerprint density at radius 1 is 1.04 bits per heavy atom. The molecule has 0 nitrogen and oxygen atoms in total. The fourth-order valence-electron chi connectivity index (χ4n) is 3.30. The third kappa shape index (κ3) is 6.67. The van der Waals surface area contributed by atoms with Crippen molar-refractivity contribution in [2.75, 3.05) is 0 Å². The van der Waals surface area contributed by atoms with E-state index in [2.05, 4.69) is 91.8 Å². The lowest BCUT2D eigenvalue weighted by atomic mass is 9.72. The average molecular weight is 327 g/mol. The Labute approximate surface area is 151 Å². The predicted molar refractivity (Wildman–Crippen MR) is 110 cm³/mol. The van der Waals surface area contributed by atoms with E-state index in [4.69, 9.17) is 0 Å². The number of hydrogen-bond donors (Lipinski definition) is 0. The van der Waals surface area contributed by atoms with Gasteiger partial charge in [-0.2, -0.15) is 0 Å². The molecule has 24 heavy (non-hydrogen) atoms. The normalized spacial score (nSPS) is 21.4. The third-order valence-electron chi connectivity index (χ3n) is 5.35. The van der Waals surface area contributed by atoms with Crippen LogP contribution in [0.2, 0.25) is 0 Å². The van der Waals surface area contributed by atoms with Crippen molar-refractivity contribution >= 4 is 0 Å². The summed E-state index contributed by atoms with van der Waals surface area (Å²) in [6.07, 6.45) is 17.4.